The molecule has 10 heteroatoms. The second-order valence-corrected chi connectivity index (χ2v) is 7.54. The zero-order valence-corrected chi connectivity index (χ0v) is 18.3. The number of carbonyl (C=O) groups excluding carboxylic acids is 2. The van der Waals surface area contributed by atoms with Crippen LogP contribution in [-0.2, 0) is 11.4 Å². The number of anilines is 1. The van der Waals surface area contributed by atoms with Crippen LogP contribution >= 0.6 is 15.9 Å². The van der Waals surface area contributed by atoms with Crippen LogP contribution in [0.4, 0.5) is 5.69 Å². The van der Waals surface area contributed by atoms with E-state index in [-0.39, 0.29) is 24.8 Å². The lowest BCUT2D eigenvalue weighted by Gasteiger charge is -2.07. The van der Waals surface area contributed by atoms with Gasteiger partial charge in [0.2, 0.25) is 5.91 Å². The molecular weight excluding hydrogens is 478 g/mol. The lowest BCUT2D eigenvalue weighted by atomic mass is 10.3. The number of rotatable bonds is 8. The van der Waals surface area contributed by atoms with Gasteiger partial charge in [-0.2, -0.15) is 5.10 Å². The van der Waals surface area contributed by atoms with Gasteiger partial charge in [0.15, 0.2) is 5.76 Å². The summed E-state index contributed by atoms with van der Waals surface area (Å²) in [7, 11) is 0. The summed E-state index contributed by atoms with van der Waals surface area (Å²) >= 11 is 3.36. The molecule has 0 unspecified atom stereocenters. The molecule has 0 atom stereocenters. The van der Waals surface area contributed by atoms with E-state index in [1.165, 1.54) is 12.4 Å². The molecule has 0 aliphatic rings. The summed E-state index contributed by atoms with van der Waals surface area (Å²) in [5.41, 5.74) is 1.41. The fourth-order valence-electron chi connectivity index (χ4n) is 2.75. The summed E-state index contributed by atoms with van der Waals surface area (Å²) < 4.78 is 13.7. The third kappa shape index (κ3) is 5.61. The normalized spacial score (nSPS) is 10.5. The van der Waals surface area contributed by atoms with Crippen LogP contribution in [0.25, 0.3) is 5.69 Å². The highest BCUT2D eigenvalue weighted by atomic mass is 79.9. The van der Waals surface area contributed by atoms with Crippen molar-refractivity contribution in [2.75, 3.05) is 11.9 Å². The van der Waals surface area contributed by atoms with Crippen LogP contribution in [0.2, 0.25) is 0 Å². The maximum atomic E-state index is 12.3. The van der Waals surface area contributed by atoms with Crippen LogP contribution in [0.15, 0.2) is 82.2 Å². The van der Waals surface area contributed by atoms with Crippen molar-refractivity contribution < 1.29 is 18.7 Å². The molecule has 0 radical (unpaired) electrons. The fraction of sp³-hybridized carbons (Fsp3) is 0.0909. The number of aromatic nitrogens is 3. The number of hydrogen-bond donors (Lipinski definition) is 2. The molecule has 0 saturated carbocycles. The Morgan fingerprint density at radius 1 is 1.03 bits per heavy atom. The van der Waals surface area contributed by atoms with Gasteiger partial charge in [0.05, 0.1) is 12.2 Å². The molecule has 2 amide bonds. The van der Waals surface area contributed by atoms with Crippen LogP contribution in [0, 0.1) is 0 Å². The molecule has 162 valence electrons. The number of ether oxygens (including phenoxy) is 1. The minimum Gasteiger partial charge on any atom is -0.486 e. The third-order valence-electron chi connectivity index (χ3n) is 4.32. The van der Waals surface area contributed by atoms with E-state index < -0.39 is 5.91 Å². The maximum Gasteiger partial charge on any atom is 0.287 e. The Morgan fingerprint density at radius 3 is 2.53 bits per heavy atom. The van der Waals surface area contributed by atoms with E-state index >= 15 is 0 Å². The monoisotopic (exact) mass is 495 g/mol. The van der Waals surface area contributed by atoms with E-state index in [1.807, 2.05) is 24.3 Å². The van der Waals surface area contributed by atoms with Crippen molar-refractivity contribution in [1.82, 2.24) is 20.1 Å². The van der Waals surface area contributed by atoms with Crippen LogP contribution in [-0.4, -0.2) is 33.1 Å². The maximum absolute atomic E-state index is 12.3. The van der Waals surface area contributed by atoms with Gasteiger partial charge >= 0.3 is 0 Å². The Bertz CT molecular complexity index is 1190. The van der Waals surface area contributed by atoms with Crippen LogP contribution < -0.4 is 15.4 Å². The van der Waals surface area contributed by atoms with E-state index in [0.717, 1.165) is 10.2 Å². The number of furan rings is 1. The molecule has 9 nitrogen and oxygen atoms in total. The topological polar surface area (TPSA) is 111 Å². The van der Waals surface area contributed by atoms with E-state index in [2.05, 4.69) is 36.6 Å². The lowest BCUT2D eigenvalue weighted by molar-refractivity contribution is -0.115. The number of amides is 2. The molecular formula is C22H18BrN5O4. The standard InChI is InChI=1S/C22H18BrN5O4/c23-15-1-7-18(8-2-15)31-12-19-9-10-20(32-19)22(30)25-11-21(29)27-16-3-5-17(6-4-16)28-14-24-13-26-28/h1-10,13-14H,11-12H2,(H,25,30)(H,27,29). The second-order valence-electron chi connectivity index (χ2n) is 6.63. The van der Waals surface area contributed by atoms with Gasteiger partial charge in [-0.15, -0.1) is 0 Å². The first-order valence-electron chi connectivity index (χ1n) is 9.57. The van der Waals surface area contributed by atoms with Crippen molar-refractivity contribution in [3.8, 4) is 11.4 Å². The van der Waals surface area contributed by atoms with E-state index in [0.29, 0.717) is 17.2 Å². The SMILES string of the molecule is O=C(CNC(=O)c1ccc(COc2ccc(Br)cc2)o1)Nc1ccc(-n2cncn2)cc1. The van der Waals surface area contributed by atoms with Crippen molar-refractivity contribution in [3.05, 3.63) is 89.3 Å². The van der Waals surface area contributed by atoms with Crippen molar-refractivity contribution in [2.24, 2.45) is 0 Å². The first-order chi connectivity index (χ1) is 15.6. The molecule has 0 bridgehead atoms. The quantitative estimate of drug-likeness (QED) is 0.386. The number of benzene rings is 2. The average molecular weight is 496 g/mol. The predicted octanol–water partition coefficient (Wildman–Crippen LogP) is 3.57. The number of halogens is 1. The number of hydrogen-bond acceptors (Lipinski definition) is 6. The number of nitrogens with one attached hydrogen (secondary N) is 2. The van der Waals surface area contributed by atoms with E-state index in [9.17, 15) is 9.59 Å². The summed E-state index contributed by atoms with van der Waals surface area (Å²) in [6.07, 6.45) is 3.02. The highest BCUT2D eigenvalue weighted by molar-refractivity contribution is 9.10. The zero-order chi connectivity index (χ0) is 22.3. The van der Waals surface area contributed by atoms with Gasteiger partial charge in [0.1, 0.15) is 30.8 Å². The van der Waals surface area contributed by atoms with Gasteiger partial charge in [-0.05, 0) is 60.7 Å². The Labute approximate surface area is 191 Å². The molecule has 32 heavy (non-hydrogen) atoms. The molecule has 0 aliphatic carbocycles. The van der Waals surface area contributed by atoms with Crippen LogP contribution in [0.3, 0.4) is 0 Å². The summed E-state index contributed by atoms with van der Waals surface area (Å²) in [5, 5.41) is 9.29. The zero-order valence-electron chi connectivity index (χ0n) is 16.7. The van der Waals surface area contributed by atoms with Gasteiger partial charge in [-0.1, -0.05) is 15.9 Å². The molecule has 0 saturated heterocycles. The summed E-state index contributed by atoms with van der Waals surface area (Å²) in [4.78, 5) is 28.3. The van der Waals surface area contributed by atoms with E-state index in [1.54, 1.807) is 41.3 Å². The summed E-state index contributed by atoms with van der Waals surface area (Å²) in [6, 6.07) is 17.6. The fourth-order valence-corrected chi connectivity index (χ4v) is 3.02. The minimum absolute atomic E-state index is 0.101. The molecule has 2 N–H and O–H groups in total. The molecule has 4 aromatic rings. The van der Waals surface area contributed by atoms with Gasteiger partial charge in [0.25, 0.3) is 5.91 Å². The van der Waals surface area contributed by atoms with Gasteiger partial charge < -0.3 is 19.8 Å². The van der Waals surface area contributed by atoms with Crippen LogP contribution in [0.5, 0.6) is 5.75 Å². The predicted molar refractivity (Wildman–Crippen MR) is 120 cm³/mol. The molecule has 2 aromatic carbocycles. The number of nitrogens with zero attached hydrogens (tertiary/aromatic N) is 3. The van der Waals surface area contributed by atoms with Gasteiger partial charge in [0, 0.05) is 10.2 Å². The van der Waals surface area contributed by atoms with Crippen molar-refractivity contribution in [2.45, 2.75) is 6.61 Å². The lowest BCUT2D eigenvalue weighted by Crippen LogP contribution is -2.32. The molecule has 2 aromatic heterocycles. The van der Waals surface area contributed by atoms with Crippen molar-refractivity contribution >= 4 is 33.4 Å². The highest BCUT2D eigenvalue weighted by Crippen LogP contribution is 2.18. The third-order valence-corrected chi connectivity index (χ3v) is 4.85. The molecule has 0 fully saturated rings. The minimum atomic E-state index is -0.489. The second kappa shape index (κ2) is 9.92. The molecule has 0 spiro atoms. The average Bonchev–Trinajstić information content (AvgIpc) is 3.50. The summed E-state index contributed by atoms with van der Waals surface area (Å²) in [5.74, 6) is 0.426. The Kier molecular flexibility index (Phi) is 6.61. The van der Waals surface area contributed by atoms with Crippen molar-refractivity contribution in [1.29, 1.82) is 0 Å². The first-order valence-corrected chi connectivity index (χ1v) is 10.4. The van der Waals surface area contributed by atoms with E-state index in [4.69, 9.17) is 9.15 Å². The molecule has 2 heterocycles. The molecule has 4 rings (SSSR count). The van der Waals surface area contributed by atoms with Crippen LogP contribution in [0.1, 0.15) is 16.3 Å². The Hall–Kier alpha value is -3.92. The first kappa shape index (κ1) is 21.3. The highest BCUT2D eigenvalue weighted by Gasteiger charge is 2.13. The summed E-state index contributed by atoms with van der Waals surface area (Å²) in [6.45, 7) is -0.0188. The molecule has 0 aliphatic heterocycles. The smallest absolute Gasteiger partial charge is 0.287 e. The van der Waals surface area contributed by atoms with Gasteiger partial charge in [-0.3, -0.25) is 9.59 Å². The van der Waals surface area contributed by atoms with Crippen molar-refractivity contribution in [3.63, 3.8) is 0 Å². The Balaban J connectivity index is 1.23. The largest absolute Gasteiger partial charge is 0.486 e. The number of carbonyl (C=O) groups is 2. The van der Waals surface area contributed by atoms with Gasteiger partial charge in [-0.25, -0.2) is 9.67 Å². The Morgan fingerprint density at radius 2 is 1.81 bits per heavy atom.